The molecule has 1 aliphatic heterocycles. The number of ether oxygens (including phenoxy) is 1. The molecule has 5 saturated carbocycles. The molecule has 266 valence electrons. The Kier molecular flexibility index (Phi) is 8.68. The molecule has 9 rings (SSSR count). The highest BCUT2D eigenvalue weighted by molar-refractivity contribution is 7.89. The van der Waals surface area contributed by atoms with Crippen LogP contribution in [0.5, 0.6) is 5.75 Å². The van der Waals surface area contributed by atoms with E-state index in [-0.39, 0.29) is 41.1 Å². The van der Waals surface area contributed by atoms with Crippen molar-refractivity contribution in [3.63, 3.8) is 0 Å². The van der Waals surface area contributed by atoms with Crippen molar-refractivity contribution in [2.24, 2.45) is 23.2 Å². The first kappa shape index (κ1) is 34.2. The fourth-order valence-electron chi connectivity index (χ4n) is 10.3. The van der Waals surface area contributed by atoms with Gasteiger partial charge in [-0.2, -0.15) is 4.31 Å². The maximum absolute atomic E-state index is 15.7. The van der Waals surface area contributed by atoms with Crippen molar-refractivity contribution >= 4 is 34.5 Å². The molecular weight excluding hydrogens is 666 g/mol. The van der Waals surface area contributed by atoms with Crippen molar-refractivity contribution in [2.75, 3.05) is 25.4 Å². The van der Waals surface area contributed by atoms with Gasteiger partial charge in [0, 0.05) is 24.6 Å². The summed E-state index contributed by atoms with van der Waals surface area (Å²) in [7, 11) is -6.84. The number of nitrogens with zero attached hydrogens (tertiary/aromatic N) is 1. The number of sulfonamides is 1. The highest BCUT2D eigenvalue weighted by Crippen LogP contribution is 2.60. The molecule has 6 fully saturated rings. The van der Waals surface area contributed by atoms with Crippen molar-refractivity contribution in [1.29, 1.82) is 0 Å². The number of rotatable bonds is 12. The molecule has 1 heterocycles. The van der Waals surface area contributed by atoms with Crippen LogP contribution in [-0.2, 0) is 14.4 Å². The lowest BCUT2D eigenvalue weighted by Gasteiger charge is -2.56. The number of ketones is 1. The SMILES string of the molecule is CC(C)(C)[Si](OC1CN(S(=O)(=O)CC(=O)c2cc(C3CC3)c(OCC34CC5CC(CC(C5)C3)C4)cc2F)C1)(c1ccccc1)c1ccccc1. The van der Waals surface area contributed by atoms with Gasteiger partial charge in [-0.15, -0.1) is 0 Å². The van der Waals surface area contributed by atoms with Crippen molar-refractivity contribution in [2.45, 2.75) is 89.2 Å². The highest BCUT2D eigenvalue weighted by atomic mass is 32.2. The average molecular weight is 716 g/mol. The van der Waals surface area contributed by atoms with E-state index in [2.05, 4.69) is 45.0 Å². The number of carbonyl (C=O) groups is 1. The largest absolute Gasteiger partial charge is 0.493 e. The Balaban J connectivity index is 0.959. The third-order valence-electron chi connectivity index (χ3n) is 12.4. The Morgan fingerprint density at radius 1 is 0.880 bits per heavy atom. The van der Waals surface area contributed by atoms with Crippen molar-refractivity contribution < 1.29 is 26.8 Å². The topological polar surface area (TPSA) is 72.9 Å². The quantitative estimate of drug-likeness (QED) is 0.148. The monoisotopic (exact) mass is 715 g/mol. The molecule has 0 atom stereocenters. The number of halogens is 1. The van der Waals surface area contributed by atoms with E-state index >= 15 is 4.39 Å². The second kappa shape index (κ2) is 12.7. The van der Waals surface area contributed by atoms with Gasteiger partial charge in [0.15, 0.2) is 5.78 Å². The molecule has 0 aromatic heterocycles. The van der Waals surface area contributed by atoms with Crippen LogP contribution < -0.4 is 15.1 Å². The standard InChI is InChI=1S/C41H50FNO5SSi/c1-40(2,3)50(33-10-6-4-7-11-33,34-12-8-5-9-13-34)48-32-24-43(25-32)49(45,46)26-38(44)36-19-35(31-14-15-31)39(20-37(36)42)47-27-41-21-28-16-29(22-41)18-30(17-28)23-41/h4-13,19-20,28-32H,14-18,21-27H2,1-3H3. The lowest BCUT2D eigenvalue weighted by molar-refractivity contribution is -0.0747. The molecule has 3 aromatic rings. The van der Waals surface area contributed by atoms with Gasteiger partial charge < -0.3 is 9.16 Å². The molecule has 5 aliphatic carbocycles. The Morgan fingerprint density at radius 2 is 1.42 bits per heavy atom. The van der Waals surface area contributed by atoms with Gasteiger partial charge in [-0.25, -0.2) is 12.8 Å². The van der Waals surface area contributed by atoms with Gasteiger partial charge in [0.05, 0.1) is 18.3 Å². The predicted molar refractivity (Wildman–Crippen MR) is 197 cm³/mol. The Hall–Kier alpha value is -2.85. The zero-order valence-electron chi connectivity index (χ0n) is 29.6. The molecule has 0 spiro atoms. The number of hydrogen-bond donors (Lipinski definition) is 0. The second-order valence-electron chi connectivity index (χ2n) is 17.2. The molecule has 6 nitrogen and oxygen atoms in total. The molecule has 9 heteroatoms. The third kappa shape index (κ3) is 6.30. The summed E-state index contributed by atoms with van der Waals surface area (Å²) in [6.45, 7) is 7.49. The zero-order chi connectivity index (χ0) is 34.9. The first-order valence-corrected chi connectivity index (χ1v) is 22.1. The Labute approximate surface area is 297 Å². The molecule has 1 saturated heterocycles. The Bertz CT molecular complexity index is 1780. The zero-order valence-corrected chi connectivity index (χ0v) is 31.4. The van der Waals surface area contributed by atoms with Gasteiger partial charge in [-0.3, -0.25) is 4.79 Å². The number of Topliss-reactive ketones (excluding diaryl/α,β-unsaturated/α-hetero) is 1. The van der Waals surface area contributed by atoms with Gasteiger partial charge in [0.1, 0.15) is 17.3 Å². The van der Waals surface area contributed by atoms with Crippen LogP contribution in [0.2, 0.25) is 5.04 Å². The molecule has 0 radical (unpaired) electrons. The maximum atomic E-state index is 15.7. The van der Waals surface area contributed by atoms with Crippen LogP contribution in [0.4, 0.5) is 4.39 Å². The van der Waals surface area contributed by atoms with Crippen LogP contribution in [0, 0.1) is 29.0 Å². The van der Waals surface area contributed by atoms with Gasteiger partial charge in [0.25, 0.3) is 8.32 Å². The minimum absolute atomic E-state index is 0.154. The molecule has 3 aromatic carbocycles. The lowest BCUT2D eigenvalue weighted by atomic mass is 9.50. The van der Waals surface area contributed by atoms with Crippen LogP contribution in [0.3, 0.4) is 0 Å². The average Bonchev–Trinajstić information content (AvgIpc) is 3.88. The molecule has 0 N–H and O–H groups in total. The van der Waals surface area contributed by atoms with E-state index in [0.29, 0.717) is 12.4 Å². The van der Waals surface area contributed by atoms with Crippen molar-refractivity contribution in [1.82, 2.24) is 4.31 Å². The second-order valence-corrected chi connectivity index (χ2v) is 23.5. The first-order chi connectivity index (χ1) is 23.8. The van der Waals surface area contributed by atoms with Gasteiger partial charge in [-0.05, 0) is 102 Å². The Morgan fingerprint density at radius 3 is 1.92 bits per heavy atom. The fraction of sp³-hybridized carbons (Fsp3) is 0.537. The fourth-order valence-corrected chi connectivity index (χ4v) is 16.4. The van der Waals surface area contributed by atoms with E-state index in [1.54, 1.807) is 6.07 Å². The minimum atomic E-state index is -3.98. The summed E-state index contributed by atoms with van der Waals surface area (Å²) < 4.78 is 57.7. The summed E-state index contributed by atoms with van der Waals surface area (Å²) in [6.07, 6.45) is 9.28. The maximum Gasteiger partial charge on any atom is 0.261 e. The smallest absolute Gasteiger partial charge is 0.261 e. The van der Waals surface area contributed by atoms with E-state index < -0.39 is 35.7 Å². The molecule has 6 aliphatic rings. The van der Waals surface area contributed by atoms with E-state index in [1.807, 2.05) is 36.4 Å². The number of hydrogen-bond acceptors (Lipinski definition) is 5. The normalized spacial score (nSPS) is 26.9. The number of carbonyl (C=O) groups excluding carboxylic acids is 1. The first-order valence-electron chi connectivity index (χ1n) is 18.6. The lowest BCUT2D eigenvalue weighted by Crippen LogP contribution is -2.71. The van der Waals surface area contributed by atoms with Crippen LogP contribution in [-0.4, -0.2) is 58.4 Å². The van der Waals surface area contributed by atoms with E-state index in [1.165, 1.54) is 48.9 Å². The third-order valence-corrected chi connectivity index (χ3v) is 19.2. The minimum Gasteiger partial charge on any atom is -0.493 e. The summed E-state index contributed by atoms with van der Waals surface area (Å²) in [5.74, 6) is 0.973. The molecule has 4 bridgehead atoms. The molecule has 0 amide bonds. The van der Waals surface area contributed by atoms with Crippen LogP contribution in [0.25, 0.3) is 0 Å². The number of benzene rings is 3. The summed E-state index contributed by atoms with van der Waals surface area (Å²) in [6, 6.07) is 23.5. The van der Waals surface area contributed by atoms with Crippen LogP contribution in [0.1, 0.15) is 94.0 Å². The summed E-state index contributed by atoms with van der Waals surface area (Å²) in [4.78, 5) is 13.5. The van der Waals surface area contributed by atoms with Gasteiger partial charge in [-0.1, -0.05) is 81.4 Å². The summed E-state index contributed by atoms with van der Waals surface area (Å²) >= 11 is 0. The summed E-state index contributed by atoms with van der Waals surface area (Å²) in [5.41, 5.74) is 0.878. The molecule has 50 heavy (non-hydrogen) atoms. The van der Waals surface area contributed by atoms with Crippen LogP contribution >= 0.6 is 0 Å². The molecule has 0 unspecified atom stereocenters. The van der Waals surface area contributed by atoms with E-state index in [4.69, 9.17) is 9.16 Å². The van der Waals surface area contributed by atoms with E-state index in [9.17, 15) is 13.2 Å². The van der Waals surface area contributed by atoms with Crippen LogP contribution in [0.15, 0.2) is 72.8 Å². The predicted octanol–water partition coefficient (Wildman–Crippen LogP) is 7.07. The van der Waals surface area contributed by atoms with Crippen molar-refractivity contribution in [3.05, 3.63) is 89.7 Å². The van der Waals surface area contributed by atoms with Gasteiger partial charge >= 0.3 is 0 Å². The molecular formula is C41H50FNO5SSi. The van der Waals surface area contributed by atoms with Gasteiger partial charge in [0.2, 0.25) is 10.0 Å². The van der Waals surface area contributed by atoms with Crippen molar-refractivity contribution in [3.8, 4) is 5.75 Å². The van der Waals surface area contributed by atoms with E-state index in [0.717, 1.165) is 46.5 Å². The summed E-state index contributed by atoms with van der Waals surface area (Å²) in [5, 5.41) is 2.01. The highest BCUT2D eigenvalue weighted by Gasteiger charge is 2.54.